The van der Waals surface area contributed by atoms with Crippen LogP contribution in [0.1, 0.15) is 37.7 Å². The highest BCUT2D eigenvalue weighted by atomic mass is 32.2. The predicted molar refractivity (Wildman–Crippen MR) is 85.9 cm³/mol. The van der Waals surface area contributed by atoms with Crippen LogP contribution in [0.4, 0.5) is 0 Å². The van der Waals surface area contributed by atoms with Crippen LogP contribution < -0.4 is 10.0 Å². The second-order valence-corrected chi connectivity index (χ2v) is 8.51. The van der Waals surface area contributed by atoms with E-state index in [-0.39, 0.29) is 9.77 Å². The van der Waals surface area contributed by atoms with Gasteiger partial charge in [-0.25, -0.2) is 13.1 Å². The van der Waals surface area contributed by atoms with Gasteiger partial charge in [0.15, 0.2) is 5.03 Å². The van der Waals surface area contributed by atoms with Gasteiger partial charge >= 0.3 is 0 Å². The van der Waals surface area contributed by atoms with Crippen molar-refractivity contribution < 1.29 is 8.42 Å². The number of hydrogen-bond acceptors (Lipinski definition) is 5. The summed E-state index contributed by atoms with van der Waals surface area (Å²) >= 11 is 1.78. The first-order valence-electron chi connectivity index (χ1n) is 7.25. The zero-order valence-corrected chi connectivity index (χ0v) is 14.2. The molecular weight excluding hydrogens is 308 g/mol. The molecule has 1 saturated carbocycles. The standard InChI is InChI=1S/C13H24N4O2S2/c1-14-8-11-9-15-17-12(11)21(18,19)16-10-13(20-2)6-4-3-5-7-13/h9,14,16H,3-8,10H2,1-2H3,(H,15,17). The van der Waals surface area contributed by atoms with Gasteiger partial charge in [0.05, 0.1) is 6.20 Å². The molecule has 1 aromatic rings. The molecule has 1 aliphatic carbocycles. The number of hydrogen-bond donors (Lipinski definition) is 3. The van der Waals surface area contributed by atoms with Crippen molar-refractivity contribution in [3.05, 3.63) is 11.8 Å². The first-order valence-corrected chi connectivity index (χ1v) is 9.95. The molecule has 0 aliphatic heterocycles. The highest BCUT2D eigenvalue weighted by Gasteiger charge is 2.33. The van der Waals surface area contributed by atoms with E-state index in [1.54, 1.807) is 25.0 Å². The summed E-state index contributed by atoms with van der Waals surface area (Å²) in [6.07, 6.45) is 9.38. The number of thioether (sulfide) groups is 1. The van der Waals surface area contributed by atoms with Crippen LogP contribution in [0.5, 0.6) is 0 Å². The number of H-pyrrole nitrogens is 1. The van der Waals surface area contributed by atoms with Gasteiger partial charge in [0.1, 0.15) is 0 Å². The molecule has 120 valence electrons. The van der Waals surface area contributed by atoms with E-state index in [0.717, 1.165) is 12.8 Å². The third-order valence-corrected chi connectivity index (χ3v) is 6.93. The summed E-state index contributed by atoms with van der Waals surface area (Å²) in [6.45, 7) is 0.953. The van der Waals surface area contributed by atoms with Gasteiger partial charge in [0.2, 0.25) is 0 Å². The van der Waals surface area contributed by atoms with E-state index in [0.29, 0.717) is 18.7 Å². The number of sulfonamides is 1. The van der Waals surface area contributed by atoms with Crippen LogP contribution in [0.3, 0.4) is 0 Å². The first kappa shape index (κ1) is 16.8. The Bertz CT molecular complexity index is 550. The molecule has 0 radical (unpaired) electrons. The van der Waals surface area contributed by atoms with Gasteiger partial charge in [-0.05, 0) is 26.1 Å². The van der Waals surface area contributed by atoms with Gasteiger partial charge in [-0.2, -0.15) is 16.9 Å². The van der Waals surface area contributed by atoms with Crippen LogP contribution in [0, 0.1) is 0 Å². The zero-order valence-electron chi connectivity index (χ0n) is 12.6. The average molecular weight is 332 g/mol. The monoisotopic (exact) mass is 332 g/mol. The van der Waals surface area contributed by atoms with Gasteiger partial charge in [-0.1, -0.05) is 19.3 Å². The van der Waals surface area contributed by atoms with E-state index in [1.165, 1.54) is 19.3 Å². The first-order chi connectivity index (χ1) is 10.0. The summed E-state index contributed by atoms with van der Waals surface area (Å²) in [4.78, 5) is 0. The number of nitrogens with one attached hydrogen (secondary N) is 3. The zero-order chi connectivity index (χ0) is 15.3. The SMILES string of the molecule is CNCc1cn[nH]c1S(=O)(=O)NCC1(SC)CCCCC1. The third-order valence-electron chi connectivity index (χ3n) is 4.10. The maximum absolute atomic E-state index is 12.5. The molecule has 8 heteroatoms. The fourth-order valence-electron chi connectivity index (χ4n) is 2.80. The fraction of sp³-hybridized carbons (Fsp3) is 0.769. The lowest BCUT2D eigenvalue weighted by Crippen LogP contribution is -2.42. The van der Waals surface area contributed by atoms with Gasteiger partial charge in [0.25, 0.3) is 10.0 Å². The average Bonchev–Trinajstić information content (AvgIpc) is 2.96. The van der Waals surface area contributed by atoms with Crippen LogP contribution in [0.2, 0.25) is 0 Å². The summed E-state index contributed by atoms with van der Waals surface area (Å²) in [6, 6.07) is 0. The molecular formula is C13H24N4O2S2. The molecule has 21 heavy (non-hydrogen) atoms. The Hall–Kier alpha value is -0.570. The van der Waals surface area contributed by atoms with Gasteiger partial charge in [-0.3, -0.25) is 5.10 Å². The van der Waals surface area contributed by atoms with E-state index >= 15 is 0 Å². The molecule has 3 N–H and O–H groups in total. The largest absolute Gasteiger partial charge is 0.316 e. The second-order valence-electron chi connectivity index (χ2n) is 5.53. The molecule has 1 heterocycles. The summed E-state index contributed by atoms with van der Waals surface area (Å²) in [7, 11) is -1.76. The lowest BCUT2D eigenvalue weighted by molar-refractivity contribution is 0.394. The lowest BCUT2D eigenvalue weighted by atomic mass is 9.88. The maximum atomic E-state index is 12.5. The predicted octanol–water partition coefficient (Wildman–Crippen LogP) is 1.47. The fourth-order valence-corrected chi connectivity index (χ4v) is 5.05. The smallest absolute Gasteiger partial charge is 0.257 e. The van der Waals surface area contributed by atoms with Gasteiger partial charge < -0.3 is 5.32 Å². The number of nitrogens with zero attached hydrogens (tertiary/aromatic N) is 1. The molecule has 0 spiro atoms. The van der Waals surface area contributed by atoms with Crippen LogP contribution in [0.25, 0.3) is 0 Å². The molecule has 0 bridgehead atoms. The van der Waals surface area contributed by atoms with E-state index in [9.17, 15) is 8.42 Å². The highest BCUT2D eigenvalue weighted by Crippen LogP contribution is 2.38. The molecule has 0 unspecified atom stereocenters. The normalized spacial score (nSPS) is 18.8. The van der Waals surface area contributed by atoms with E-state index in [1.807, 2.05) is 0 Å². The summed E-state index contributed by atoms with van der Waals surface area (Å²) < 4.78 is 27.8. The Balaban J connectivity index is 2.08. The maximum Gasteiger partial charge on any atom is 0.257 e. The van der Waals surface area contributed by atoms with Crippen LogP contribution in [-0.2, 0) is 16.6 Å². The van der Waals surface area contributed by atoms with E-state index in [2.05, 4.69) is 26.5 Å². The third kappa shape index (κ3) is 4.00. The minimum Gasteiger partial charge on any atom is -0.316 e. The minimum absolute atomic E-state index is 0.0362. The lowest BCUT2D eigenvalue weighted by Gasteiger charge is -2.35. The Morgan fingerprint density at radius 2 is 2.10 bits per heavy atom. The summed E-state index contributed by atoms with van der Waals surface area (Å²) in [5.41, 5.74) is 0.659. The van der Waals surface area contributed by atoms with E-state index < -0.39 is 10.0 Å². The summed E-state index contributed by atoms with van der Waals surface area (Å²) in [5, 5.41) is 9.57. The Kier molecular flexibility index (Phi) is 5.70. The molecule has 0 atom stereocenters. The van der Waals surface area contributed by atoms with Crippen molar-refractivity contribution in [3.63, 3.8) is 0 Å². The second kappa shape index (κ2) is 7.13. The molecule has 0 amide bonds. The summed E-state index contributed by atoms with van der Waals surface area (Å²) in [5.74, 6) is 0. The molecule has 6 nitrogen and oxygen atoms in total. The Morgan fingerprint density at radius 3 is 2.71 bits per heavy atom. The van der Waals surface area contributed by atoms with Crippen molar-refractivity contribution in [2.75, 3.05) is 19.8 Å². The highest BCUT2D eigenvalue weighted by molar-refractivity contribution is 8.00. The van der Waals surface area contributed by atoms with Crippen molar-refractivity contribution in [3.8, 4) is 0 Å². The molecule has 1 aliphatic rings. The van der Waals surface area contributed by atoms with Crippen LogP contribution in [0.15, 0.2) is 11.2 Å². The van der Waals surface area contributed by atoms with Gasteiger partial charge in [0, 0.05) is 23.4 Å². The topological polar surface area (TPSA) is 86.9 Å². The molecule has 2 rings (SSSR count). The van der Waals surface area contributed by atoms with Crippen molar-refractivity contribution in [1.29, 1.82) is 0 Å². The molecule has 1 fully saturated rings. The number of aromatic amines is 1. The van der Waals surface area contributed by atoms with Crippen molar-refractivity contribution in [2.45, 2.75) is 48.4 Å². The Labute approximate surface area is 130 Å². The number of rotatable bonds is 7. The van der Waals surface area contributed by atoms with E-state index in [4.69, 9.17) is 0 Å². The minimum atomic E-state index is -3.54. The molecule has 1 aromatic heterocycles. The quantitative estimate of drug-likeness (QED) is 0.704. The Morgan fingerprint density at radius 1 is 1.38 bits per heavy atom. The van der Waals surface area contributed by atoms with Crippen LogP contribution >= 0.6 is 11.8 Å². The van der Waals surface area contributed by atoms with Gasteiger partial charge in [-0.15, -0.1) is 0 Å². The van der Waals surface area contributed by atoms with Crippen molar-refractivity contribution >= 4 is 21.8 Å². The number of aromatic nitrogens is 2. The molecule has 0 saturated heterocycles. The molecule has 0 aromatic carbocycles. The van der Waals surface area contributed by atoms with Crippen molar-refractivity contribution in [2.24, 2.45) is 0 Å². The van der Waals surface area contributed by atoms with Crippen LogP contribution in [-0.4, -0.2) is 43.2 Å². The van der Waals surface area contributed by atoms with Crippen molar-refractivity contribution in [1.82, 2.24) is 20.2 Å².